The highest BCUT2D eigenvalue weighted by Crippen LogP contribution is 2.34. The molecule has 1 heterocycles. The van der Waals surface area contributed by atoms with Gasteiger partial charge in [-0.1, -0.05) is 36.4 Å². The zero-order valence-electron chi connectivity index (χ0n) is 13.8. The molecule has 1 aliphatic carbocycles. The number of amides is 1. The Kier molecular flexibility index (Phi) is 4.32. The highest BCUT2D eigenvalue weighted by molar-refractivity contribution is 5.84. The van der Waals surface area contributed by atoms with E-state index in [1.54, 1.807) is 25.1 Å². The summed E-state index contributed by atoms with van der Waals surface area (Å²) in [4.78, 5) is 11.6. The van der Waals surface area contributed by atoms with Crippen LogP contribution >= 0.6 is 0 Å². The number of rotatable bonds is 4. The Morgan fingerprint density at radius 1 is 1.46 bits per heavy atom. The van der Waals surface area contributed by atoms with Gasteiger partial charge in [0.15, 0.2) is 0 Å². The summed E-state index contributed by atoms with van der Waals surface area (Å²) in [6.45, 7) is 1.77. The summed E-state index contributed by atoms with van der Waals surface area (Å²) in [7, 11) is 0. The van der Waals surface area contributed by atoms with Gasteiger partial charge in [-0.2, -0.15) is 0 Å². The van der Waals surface area contributed by atoms with Crippen LogP contribution in [-0.2, 0) is 11.2 Å². The van der Waals surface area contributed by atoms with Gasteiger partial charge in [0.25, 0.3) is 0 Å². The maximum Gasteiger partial charge on any atom is 0.237 e. The lowest BCUT2D eigenvalue weighted by Crippen LogP contribution is -2.56. The minimum absolute atomic E-state index is 0.220. The number of nitrogens with two attached hydrogens (primary N) is 1. The molecule has 2 aliphatic rings. The second-order valence-corrected chi connectivity index (χ2v) is 7.01. The Bertz CT molecular complexity index is 715. The average molecular weight is 330 g/mol. The van der Waals surface area contributed by atoms with Crippen molar-refractivity contribution < 1.29 is 14.3 Å². The van der Waals surface area contributed by atoms with Gasteiger partial charge in [-0.15, -0.1) is 0 Å². The first-order chi connectivity index (χ1) is 11.3. The summed E-state index contributed by atoms with van der Waals surface area (Å²) in [6.07, 6.45) is 7.75. The van der Waals surface area contributed by atoms with E-state index in [-0.39, 0.29) is 11.9 Å². The molecule has 5 heteroatoms. The van der Waals surface area contributed by atoms with Crippen LogP contribution in [0.2, 0.25) is 0 Å². The Morgan fingerprint density at radius 2 is 2.21 bits per heavy atom. The molecule has 1 fully saturated rings. The monoisotopic (exact) mass is 330 g/mol. The van der Waals surface area contributed by atoms with Crippen LogP contribution < -0.4 is 11.1 Å². The lowest BCUT2D eigenvalue weighted by molar-refractivity contribution is -0.123. The van der Waals surface area contributed by atoms with Crippen LogP contribution in [0.1, 0.15) is 31.7 Å². The van der Waals surface area contributed by atoms with Gasteiger partial charge in [-0.05, 0) is 49.8 Å². The Balaban J connectivity index is 1.68. The van der Waals surface area contributed by atoms with E-state index in [1.807, 2.05) is 18.2 Å². The smallest absolute Gasteiger partial charge is 0.237 e. The van der Waals surface area contributed by atoms with Crippen molar-refractivity contribution in [3.8, 4) is 0 Å². The summed E-state index contributed by atoms with van der Waals surface area (Å²) in [5, 5.41) is 14.1. The molecule has 3 rings (SSSR count). The van der Waals surface area contributed by atoms with Crippen LogP contribution in [0.15, 0.2) is 48.1 Å². The second kappa shape index (κ2) is 6.15. The van der Waals surface area contributed by atoms with Gasteiger partial charge in [-0.3, -0.25) is 10.1 Å². The third-order valence-corrected chi connectivity index (χ3v) is 5.20. The van der Waals surface area contributed by atoms with E-state index >= 15 is 0 Å². The van der Waals surface area contributed by atoms with Crippen molar-refractivity contribution in [1.82, 2.24) is 5.32 Å². The van der Waals surface area contributed by atoms with Crippen molar-refractivity contribution in [2.45, 2.75) is 49.8 Å². The number of carbonyl (C=O) groups is 1. The Morgan fingerprint density at radius 3 is 2.79 bits per heavy atom. The van der Waals surface area contributed by atoms with E-state index in [1.165, 1.54) is 6.07 Å². The number of hydrogen-bond acceptors (Lipinski definition) is 3. The highest BCUT2D eigenvalue weighted by Gasteiger charge is 2.46. The molecule has 4 nitrogen and oxygen atoms in total. The van der Waals surface area contributed by atoms with Crippen LogP contribution in [0.3, 0.4) is 0 Å². The first-order valence-corrected chi connectivity index (χ1v) is 8.24. The molecule has 0 aromatic heterocycles. The first kappa shape index (κ1) is 16.9. The maximum atomic E-state index is 13.7. The Hall–Kier alpha value is -1.98. The van der Waals surface area contributed by atoms with Gasteiger partial charge in [0, 0.05) is 6.04 Å². The molecule has 0 unspecified atom stereocenters. The van der Waals surface area contributed by atoms with Crippen molar-refractivity contribution in [2.75, 3.05) is 0 Å². The summed E-state index contributed by atoms with van der Waals surface area (Å²) < 4.78 is 13.7. The molecule has 0 bridgehead atoms. The zero-order chi connectivity index (χ0) is 17.4. The number of hydrogen-bond donors (Lipinski definition) is 3. The molecule has 0 radical (unpaired) electrons. The van der Waals surface area contributed by atoms with Crippen LogP contribution in [0.25, 0.3) is 0 Å². The van der Waals surface area contributed by atoms with E-state index in [0.717, 1.165) is 5.57 Å². The van der Waals surface area contributed by atoms with Crippen molar-refractivity contribution in [3.63, 3.8) is 0 Å². The highest BCUT2D eigenvalue weighted by atomic mass is 19.1. The third kappa shape index (κ3) is 3.14. The topological polar surface area (TPSA) is 75.4 Å². The number of carbonyl (C=O) groups excluding carboxylic acids is 1. The SMILES string of the molecule is C[C@@]1(C(N)=O)CC[C@H]([C@]2(O)C=CC(Cc3ccccc3F)=CC2)N1. The summed E-state index contributed by atoms with van der Waals surface area (Å²) in [6, 6.07) is 6.48. The minimum Gasteiger partial charge on any atom is -0.384 e. The predicted molar refractivity (Wildman–Crippen MR) is 90.7 cm³/mol. The number of aliphatic hydroxyl groups is 1. The number of nitrogens with one attached hydrogen (secondary N) is 1. The quantitative estimate of drug-likeness (QED) is 0.790. The maximum absolute atomic E-state index is 13.7. The first-order valence-electron chi connectivity index (χ1n) is 8.24. The van der Waals surface area contributed by atoms with E-state index in [2.05, 4.69) is 5.32 Å². The van der Waals surface area contributed by atoms with E-state index < -0.39 is 17.0 Å². The van der Waals surface area contributed by atoms with Crippen LogP contribution in [-0.4, -0.2) is 28.2 Å². The number of benzene rings is 1. The van der Waals surface area contributed by atoms with Gasteiger partial charge in [-0.25, -0.2) is 4.39 Å². The molecule has 0 saturated carbocycles. The molecule has 1 aromatic rings. The van der Waals surface area contributed by atoms with Crippen molar-refractivity contribution >= 4 is 5.91 Å². The van der Waals surface area contributed by atoms with Gasteiger partial charge >= 0.3 is 0 Å². The fourth-order valence-electron chi connectivity index (χ4n) is 3.46. The van der Waals surface area contributed by atoms with Gasteiger partial charge < -0.3 is 10.8 Å². The second-order valence-electron chi connectivity index (χ2n) is 7.01. The molecule has 128 valence electrons. The standard InChI is InChI=1S/C19H23FN2O2/c1-18(17(21)23)9-8-16(22-18)19(24)10-6-13(7-11-19)12-14-4-2-3-5-15(14)20/h2-7,10,16,22,24H,8-9,11-12H2,1H3,(H2,21,23)/t16-,18+,19+/m1/s1. The summed E-state index contributed by atoms with van der Waals surface area (Å²) in [5.41, 5.74) is 5.23. The third-order valence-electron chi connectivity index (χ3n) is 5.20. The van der Waals surface area contributed by atoms with E-state index in [9.17, 15) is 14.3 Å². The molecule has 4 N–H and O–H groups in total. The molecule has 1 amide bonds. The lowest BCUT2D eigenvalue weighted by Gasteiger charge is -2.34. The average Bonchev–Trinajstić information content (AvgIpc) is 2.97. The summed E-state index contributed by atoms with van der Waals surface area (Å²) in [5.74, 6) is -0.619. The number of primary amides is 1. The van der Waals surface area contributed by atoms with Crippen molar-refractivity contribution in [3.05, 3.63) is 59.4 Å². The van der Waals surface area contributed by atoms with Crippen molar-refractivity contribution in [1.29, 1.82) is 0 Å². The predicted octanol–water partition coefficient (Wildman–Crippen LogP) is 1.98. The molecule has 24 heavy (non-hydrogen) atoms. The molecule has 3 atom stereocenters. The van der Waals surface area contributed by atoms with Crippen LogP contribution in [0.4, 0.5) is 4.39 Å². The van der Waals surface area contributed by atoms with Gasteiger partial charge in [0.2, 0.25) is 5.91 Å². The van der Waals surface area contributed by atoms with E-state index in [0.29, 0.717) is 31.2 Å². The fourth-order valence-corrected chi connectivity index (χ4v) is 3.46. The fraction of sp³-hybridized carbons (Fsp3) is 0.421. The van der Waals surface area contributed by atoms with Crippen LogP contribution in [0, 0.1) is 5.82 Å². The van der Waals surface area contributed by atoms with Crippen molar-refractivity contribution in [2.24, 2.45) is 5.73 Å². The normalized spacial score (nSPS) is 32.6. The largest absolute Gasteiger partial charge is 0.384 e. The number of halogens is 1. The molecular weight excluding hydrogens is 307 g/mol. The summed E-state index contributed by atoms with van der Waals surface area (Å²) >= 11 is 0. The number of allylic oxidation sites excluding steroid dienone is 2. The molecule has 1 aliphatic heterocycles. The van der Waals surface area contributed by atoms with Gasteiger partial charge in [0.05, 0.1) is 5.54 Å². The lowest BCUT2D eigenvalue weighted by atomic mass is 9.83. The Labute approximate surface area is 141 Å². The minimum atomic E-state index is -1.05. The van der Waals surface area contributed by atoms with E-state index in [4.69, 9.17) is 5.73 Å². The molecule has 0 spiro atoms. The van der Waals surface area contributed by atoms with Crippen LogP contribution in [0.5, 0.6) is 0 Å². The molecule has 1 saturated heterocycles. The molecule has 1 aromatic carbocycles. The molecular formula is C19H23FN2O2. The van der Waals surface area contributed by atoms with Gasteiger partial charge in [0.1, 0.15) is 11.4 Å². The zero-order valence-corrected chi connectivity index (χ0v) is 13.8.